The van der Waals surface area contributed by atoms with E-state index >= 15 is 0 Å². The number of likely N-dealkylation sites (tertiary alicyclic amines) is 1. The van der Waals surface area contributed by atoms with Crippen LogP contribution in [0, 0.1) is 0 Å². The maximum Gasteiger partial charge on any atom is 0.410 e. The molecule has 0 saturated carbocycles. The number of carbonyl (C=O) groups excluding carboxylic acids is 2. The molecule has 3 rings (SSSR count). The van der Waals surface area contributed by atoms with Gasteiger partial charge in [-0.15, -0.1) is 0 Å². The van der Waals surface area contributed by atoms with Gasteiger partial charge in [-0.25, -0.2) is 4.79 Å². The number of pyridine rings is 1. The van der Waals surface area contributed by atoms with Crippen LogP contribution in [-0.2, 0) is 11.2 Å². The van der Waals surface area contributed by atoms with Gasteiger partial charge in [0.05, 0.1) is 17.3 Å². The van der Waals surface area contributed by atoms with Crippen molar-refractivity contribution in [2.24, 2.45) is 0 Å². The molecule has 24 heavy (non-hydrogen) atoms. The molecule has 0 aromatic carbocycles. The van der Waals surface area contributed by atoms with E-state index in [1.54, 1.807) is 11.1 Å². The maximum atomic E-state index is 12.8. The molecule has 130 valence electrons. The van der Waals surface area contributed by atoms with Gasteiger partial charge in [0.25, 0.3) is 5.91 Å². The lowest BCUT2D eigenvalue weighted by Crippen LogP contribution is -2.47. The number of nitrogens with zero attached hydrogens (tertiary/aromatic N) is 3. The molecule has 0 aliphatic carbocycles. The van der Waals surface area contributed by atoms with Crippen LogP contribution in [0.25, 0.3) is 0 Å². The van der Waals surface area contributed by atoms with Crippen molar-refractivity contribution < 1.29 is 14.3 Å². The highest BCUT2D eigenvalue weighted by atomic mass is 79.9. The Morgan fingerprint density at radius 3 is 2.83 bits per heavy atom. The lowest BCUT2D eigenvalue weighted by molar-refractivity contribution is 0.0274. The van der Waals surface area contributed by atoms with Gasteiger partial charge in [0, 0.05) is 36.7 Å². The van der Waals surface area contributed by atoms with E-state index in [9.17, 15) is 9.59 Å². The molecular weight excluding hydrogens is 374 g/mol. The lowest BCUT2D eigenvalue weighted by atomic mass is 10.0. The molecule has 1 saturated heterocycles. The van der Waals surface area contributed by atoms with Crippen LogP contribution in [0.2, 0.25) is 0 Å². The summed E-state index contributed by atoms with van der Waals surface area (Å²) in [5, 5.41) is 0. The zero-order valence-electron chi connectivity index (χ0n) is 14.2. The number of halogens is 1. The van der Waals surface area contributed by atoms with Crippen LogP contribution in [0.4, 0.5) is 4.79 Å². The monoisotopic (exact) mass is 395 g/mol. The number of aromatic nitrogens is 1. The topological polar surface area (TPSA) is 62.7 Å². The normalized spacial score (nSPS) is 21.0. The maximum absolute atomic E-state index is 12.8. The first-order chi connectivity index (χ1) is 11.2. The van der Waals surface area contributed by atoms with E-state index in [1.165, 1.54) is 0 Å². The van der Waals surface area contributed by atoms with Gasteiger partial charge in [-0.3, -0.25) is 9.78 Å². The van der Waals surface area contributed by atoms with Gasteiger partial charge in [0.1, 0.15) is 5.60 Å². The summed E-state index contributed by atoms with van der Waals surface area (Å²) >= 11 is 3.38. The van der Waals surface area contributed by atoms with E-state index in [0.717, 1.165) is 23.0 Å². The van der Waals surface area contributed by atoms with E-state index in [-0.39, 0.29) is 18.0 Å². The second-order valence-corrected chi connectivity index (χ2v) is 8.18. The molecule has 1 aromatic heterocycles. The van der Waals surface area contributed by atoms with Crippen molar-refractivity contribution in [2.75, 3.05) is 19.6 Å². The van der Waals surface area contributed by atoms with Crippen molar-refractivity contribution in [3.63, 3.8) is 0 Å². The predicted molar refractivity (Wildman–Crippen MR) is 92.9 cm³/mol. The van der Waals surface area contributed by atoms with E-state index in [2.05, 4.69) is 20.9 Å². The van der Waals surface area contributed by atoms with Gasteiger partial charge >= 0.3 is 6.09 Å². The number of ether oxygens (including phenoxy) is 1. The van der Waals surface area contributed by atoms with Crippen LogP contribution >= 0.6 is 15.9 Å². The molecule has 7 heteroatoms. The van der Waals surface area contributed by atoms with Gasteiger partial charge < -0.3 is 14.5 Å². The summed E-state index contributed by atoms with van der Waals surface area (Å²) in [7, 11) is 0. The van der Waals surface area contributed by atoms with E-state index in [0.29, 0.717) is 25.2 Å². The summed E-state index contributed by atoms with van der Waals surface area (Å²) in [4.78, 5) is 32.9. The van der Waals surface area contributed by atoms with Crippen LogP contribution in [0.1, 0.15) is 43.2 Å². The summed E-state index contributed by atoms with van der Waals surface area (Å²) in [6.45, 7) is 7.36. The van der Waals surface area contributed by atoms with Crippen LogP contribution < -0.4 is 0 Å². The molecule has 2 amide bonds. The third-order valence-electron chi connectivity index (χ3n) is 4.27. The molecular formula is C17H22BrN3O3. The number of hydrogen-bond acceptors (Lipinski definition) is 4. The van der Waals surface area contributed by atoms with E-state index < -0.39 is 5.60 Å². The fourth-order valence-corrected chi connectivity index (χ4v) is 3.50. The molecule has 1 atom stereocenters. The molecule has 6 nitrogen and oxygen atoms in total. The van der Waals surface area contributed by atoms with Crippen LogP contribution in [0.15, 0.2) is 16.7 Å². The number of carbonyl (C=O) groups is 2. The number of rotatable bonds is 1. The SMILES string of the molecule is CC(C)(C)OC(=O)N1CC[C@H](N2CCc3ncc(Br)cc3C2=O)C1. The standard InChI is InChI=1S/C17H22BrN3O3/c1-17(2,3)24-16(23)20-6-4-12(10-20)21-7-5-14-13(15(21)22)8-11(18)9-19-14/h8-9,12H,4-7,10H2,1-3H3/t12-/m0/s1. The molecule has 0 spiro atoms. The zero-order chi connectivity index (χ0) is 17.5. The Balaban J connectivity index is 1.68. The number of hydrogen-bond donors (Lipinski definition) is 0. The first-order valence-corrected chi connectivity index (χ1v) is 8.97. The summed E-state index contributed by atoms with van der Waals surface area (Å²) in [5.74, 6) is 0.00101. The molecule has 1 fully saturated rings. The van der Waals surface area contributed by atoms with E-state index in [4.69, 9.17) is 4.74 Å². The molecule has 0 bridgehead atoms. The fraction of sp³-hybridized carbons (Fsp3) is 0.588. The minimum atomic E-state index is -0.507. The van der Waals surface area contributed by atoms with Crippen LogP contribution in [0.5, 0.6) is 0 Å². The first-order valence-electron chi connectivity index (χ1n) is 8.18. The summed E-state index contributed by atoms with van der Waals surface area (Å²) in [6.07, 6.45) is 2.94. The fourth-order valence-electron chi connectivity index (χ4n) is 3.17. The predicted octanol–water partition coefficient (Wildman–Crippen LogP) is 2.85. The first kappa shape index (κ1) is 17.2. The highest BCUT2D eigenvalue weighted by Gasteiger charge is 2.37. The third-order valence-corrected chi connectivity index (χ3v) is 4.71. The summed E-state index contributed by atoms with van der Waals surface area (Å²) < 4.78 is 6.23. The zero-order valence-corrected chi connectivity index (χ0v) is 15.8. The third kappa shape index (κ3) is 3.55. The Kier molecular flexibility index (Phi) is 4.55. The molecule has 0 N–H and O–H groups in total. The average molecular weight is 396 g/mol. The molecule has 2 aliphatic heterocycles. The molecule has 0 unspecified atom stereocenters. The second-order valence-electron chi connectivity index (χ2n) is 7.27. The molecule has 3 heterocycles. The van der Waals surface area contributed by atoms with Gasteiger partial charge in [-0.1, -0.05) is 0 Å². The van der Waals surface area contributed by atoms with Crippen molar-refractivity contribution in [1.29, 1.82) is 0 Å². The minimum absolute atomic E-state index is 0.00101. The van der Waals surface area contributed by atoms with Gasteiger partial charge in [0.15, 0.2) is 0 Å². The minimum Gasteiger partial charge on any atom is -0.444 e. The van der Waals surface area contributed by atoms with Crippen LogP contribution in [0.3, 0.4) is 0 Å². The Morgan fingerprint density at radius 1 is 1.38 bits per heavy atom. The Hall–Kier alpha value is -1.63. The van der Waals surface area contributed by atoms with Gasteiger partial charge in [0.2, 0.25) is 0 Å². The average Bonchev–Trinajstić information content (AvgIpc) is 2.96. The van der Waals surface area contributed by atoms with Crippen molar-refractivity contribution in [2.45, 2.75) is 45.3 Å². The van der Waals surface area contributed by atoms with Crippen molar-refractivity contribution in [1.82, 2.24) is 14.8 Å². The Morgan fingerprint density at radius 2 is 2.12 bits per heavy atom. The highest BCUT2D eigenvalue weighted by molar-refractivity contribution is 9.10. The van der Waals surface area contributed by atoms with E-state index in [1.807, 2.05) is 31.7 Å². The lowest BCUT2D eigenvalue weighted by Gasteiger charge is -2.33. The Labute approximate surface area is 150 Å². The Bertz CT molecular complexity index is 672. The molecule has 1 aromatic rings. The van der Waals surface area contributed by atoms with Crippen molar-refractivity contribution in [3.8, 4) is 0 Å². The van der Waals surface area contributed by atoms with Crippen molar-refractivity contribution in [3.05, 3.63) is 28.0 Å². The quantitative estimate of drug-likeness (QED) is 0.733. The molecule has 2 aliphatic rings. The van der Waals surface area contributed by atoms with Gasteiger partial charge in [-0.05, 0) is 49.2 Å². The summed E-state index contributed by atoms with van der Waals surface area (Å²) in [6, 6.07) is 1.87. The second kappa shape index (κ2) is 6.35. The number of amides is 2. The summed E-state index contributed by atoms with van der Waals surface area (Å²) in [5.41, 5.74) is 1.00. The van der Waals surface area contributed by atoms with Gasteiger partial charge in [-0.2, -0.15) is 0 Å². The molecule has 0 radical (unpaired) electrons. The van der Waals surface area contributed by atoms with Crippen molar-refractivity contribution >= 4 is 27.9 Å². The van der Waals surface area contributed by atoms with Crippen LogP contribution in [-0.4, -0.2) is 58.1 Å². The smallest absolute Gasteiger partial charge is 0.410 e. The number of fused-ring (bicyclic) bond motifs is 1. The highest BCUT2D eigenvalue weighted by Crippen LogP contribution is 2.26. The largest absolute Gasteiger partial charge is 0.444 e.